The van der Waals surface area contributed by atoms with Crippen molar-refractivity contribution >= 4 is 29.3 Å². The summed E-state index contributed by atoms with van der Waals surface area (Å²) in [6, 6.07) is 6.18. The Balaban J connectivity index is 1.45. The van der Waals surface area contributed by atoms with E-state index in [0.29, 0.717) is 5.69 Å². The van der Waals surface area contributed by atoms with Crippen LogP contribution in [0.3, 0.4) is 0 Å². The summed E-state index contributed by atoms with van der Waals surface area (Å²) in [5.41, 5.74) is 0.157. The maximum Gasteiger partial charge on any atom is 0.338 e. The van der Waals surface area contributed by atoms with Gasteiger partial charge >= 0.3 is 5.97 Å². The molecule has 2 amide bonds. The second-order valence-corrected chi connectivity index (χ2v) is 8.81. The van der Waals surface area contributed by atoms with Crippen molar-refractivity contribution in [1.82, 2.24) is 0 Å². The number of carbonyl (C=O) groups excluding carboxylic acids is 4. The van der Waals surface area contributed by atoms with Crippen LogP contribution in [0.1, 0.15) is 37.6 Å². The fourth-order valence-electron chi connectivity index (χ4n) is 4.33. The van der Waals surface area contributed by atoms with Crippen LogP contribution in [0.5, 0.6) is 0 Å². The van der Waals surface area contributed by atoms with Crippen LogP contribution in [0.25, 0.3) is 0 Å². The first-order valence-electron chi connectivity index (χ1n) is 9.55. The quantitative estimate of drug-likeness (QED) is 0.455. The number of anilines is 1. The normalized spacial score (nSPS) is 28.0. The number of Topliss-reactive ketones (excluding diaryl/α,β-unsaturated/α-hetero) is 1. The summed E-state index contributed by atoms with van der Waals surface area (Å²) < 4.78 is 5.08. The summed E-state index contributed by atoms with van der Waals surface area (Å²) in [5, 5.41) is 0. The zero-order chi connectivity index (χ0) is 20.2. The monoisotopic (exact) mass is 381 g/mol. The average molecular weight is 381 g/mol. The molecule has 0 spiro atoms. The molecule has 1 aliphatic heterocycles. The van der Waals surface area contributed by atoms with E-state index in [4.69, 9.17) is 4.74 Å². The molecule has 6 nitrogen and oxygen atoms in total. The van der Waals surface area contributed by atoms with E-state index in [2.05, 4.69) is 12.2 Å². The molecular formula is C22H23NO5. The Morgan fingerprint density at radius 2 is 1.54 bits per heavy atom. The maximum atomic E-state index is 12.8. The van der Waals surface area contributed by atoms with Crippen LogP contribution in [-0.2, 0) is 19.1 Å². The molecule has 0 N–H and O–H groups in total. The Hall–Kier alpha value is -2.76. The van der Waals surface area contributed by atoms with Crippen molar-refractivity contribution in [3.8, 4) is 0 Å². The minimum atomic E-state index is -0.609. The van der Waals surface area contributed by atoms with E-state index in [1.165, 1.54) is 17.0 Å². The van der Waals surface area contributed by atoms with Gasteiger partial charge in [-0.25, -0.2) is 4.79 Å². The highest BCUT2D eigenvalue weighted by Gasteiger charge is 2.59. The van der Waals surface area contributed by atoms with Gasteiger partial charge in [0.2, 0.25) is 11.8 Å². The highest BCUT2D eigenvalue weighted by atomic mass is 16.5. The molecule has 1 aromatic rings. The summed E-state index contributed by atoms with van der Waals surface area (Å²) in [4.78, 5) is 50.9. The van der Waals surface area contributed by atoms with Gasteiger partial charge in [-0.2, -0.15) is 0 Å². The first-order chi connectivity index (χ1) is 13.2. The maximum absolute atomic E-state index is 12.8. The van der Waals surface area contributed by atoms with Crippen molar-refractivity contribution in [3.63, 3.8) is 0 Å². The Kier molecular flexibility index (Phi) is 4.25. The summed E-state index contributed by atoms with van der Waals surface area (Å²) in [6.45, 7) is 5.00. The molecule has 1 aromatic carbocycles. The van der Waals surface area contributed by atoms with Gasteiger partial charge < -0.3 is 4.74 Å². The minimum Gasteiger partial charge on any atom is -0.454 e. The van der Waals surface area contributed by atoms with Crippen LogP contribution in [0.15, 0.2) is 36.4 Å². The number of ketones is 1. The highest BCUT2D eigenvalue weighted by Crippen LogP contribution is 2.53. The van der Waals surface area contributed by atoms with E-state index in [1.807, 2.05) is 0 Å². The van der Waals surface area contributed by atoms with Crippen molar-refractivity contribution in [2.45, 2.75) is 27.2 Å². The van der Waals surface area contributed by atoms with E-state index < -0.39 is 11.4 Å². The number of esters is 1. The number of hydrogen-bond donors (Lipinski definition) is 0. The lowest BCUT2D eigenvalue weighted by atomic mass is 9.85. The van der Waals surface area contributed by atoms with Gasteiger partial charge in [0.25, 0.3) is 0 Å². The fraction of sp³-hybridized carbons (Fsp3) is 0.455. The highest BCUT2D eigenvalue weighted by molar-refractivity contribution is 6.22. The predicted octanol–water partition coefficient (Wildman–Crippen LogP) is 2.77. The molecule has 4 rings (SSSR count). The topological polar surface area (TPSA) is 80.8 Å². The first kappa shape index (κ1) is 18.6. The SMILES string of the molecule is CC(C)(C)C(=O)COC(=O)c1ccc(N2C(=O)[C@@H]3[C@@H](C2=O)[C@@H]2C=C[C@@H]3C2)cc1. The summed E-state index contributed by atoms with van der Waals surface area (Å²) in [5.74, 6) is -1.28. The molecule has 0 unspecified atom stereocenters. The minimum absolute atomic E-state index is 0.155. The average Bonchev–Trinajstić information content (AvgIpc) is 3.32. The standard InChI is InChI=1S/C22H23NO5/c1-22(2,3)16(24)11-28-21(27)12-6-8-15(9-7-12)23-19(25)17-13-4-5-14(10-13)18(17)20(23)26/h4-9,13-14,17-18H,10-11H2,1-3H3/t13-,14-,17+,18+/m1/s1. The number of hydrogen-bond acceptors (Lipinski definition) is 5. The number of ether oxygens (including phenoxy) is 1. The van der Waals surface area contributed by atoms with Gasteiger partial charge in [0.1, 0.15) is 0 Å². The fourth-order valence-corrected chi connectivity index (χ4v) is 4.33. The Morgan fingerprint density at radius 1 is 1.00 bits per heavy atom. The third-order valence-corrected chi connectivity index (χ3v) is 6.00. The van der Waals surface area contributed by atoms with Crippen molar-refractivity contribution < 1.29 is 23.9 Å². The first-order valence-corrected chi connectivity index (χ1v) is 9.55. The molecule has 1 saturated heterocycles. The lowest BCUT2D eigenvalue weighted by Gasteiger charge is -2.18. The molecule has 3 aliphatic rings. The smallest absolute Gasteiger partial charge is 0.338 e. The lowest BCUT2D eigenvalue weighted by Crippen LogP contribution is -2.32. The largest absolute Gasteiger partial charge is 0.454 e. The molecule has 2 fully saturated rings. The molecule has 0 aromatic heterocycles. The van der Waals surface area contributed by atoms with Crippen LogP contribution in [0, 0.1) is 29.1 Å². The van der Waals surface area contributed by atoms with Gasteiger partial charge in [0, 0.05) is 5.41 Å². The molecule has 1 heterocycles. The lowest BCUT2D eigenvalue weighted by molar-refractivity contribution is -0.129. The Morgan fingerprint density at radius 3 is 2.04 bits per heavy atom. The van der Waals surface area contributed by atoms with Gasteiger partial charge in [-0.3, -0.25) is 19.3 Å². The van der Waals surface area contributed by atoms with Crippen LogP contribution in [0.2, 0.25) is 0 Å². The molecule has 28 heavy (non-hydrogen) atoms. The summed E-state index contributed by atoms with van der Waals surface area (Å²) in [7, 11) is 0. The zero-order valence-electron chi connectivity index (χ0n) is 16.2. The molecule has 4 atom stereocenters. The molecular weight excluding hydrogens is 358 g/mol. The molecule has 2 aliphatic carbocycles. The Bertz CT molecular complexity index is 862. The molecule has 6 heteroatoms. The van der Waals surface area contributed by atoms with Crippen LogP contribution < -0.4 is 4.90 Å². The summed E-state index contributed by atoms with van der Waals surface area (Å²) in [6.07, 6.45) is 5.00. The van der Waals surface area contributed by atoms with Gasteiger partial charge in [0.05, 0.1) is 23.1 Å². The number of carbonyl (C=O) groups is 4. The second-order valence-electron chi connectivity index (χ2n) is 8.81. The molecule has 146 valence electrons. The van der Waals surface area contributed by atoms with Crippen molar-refractivity contribution in [1.29, 1.82) is 0 Å². The van der Waals surface area contributed by atoms with E-state index in [9.17, 15) is 19.2 Å². The third kappa shape index (κ3) is 2.87. The third-order valence-electron chi connectivity index (χ3n) is 6.00. The van der Waals surface area contributed by atoms with Gasteiger partial charge in [0.15, 0.2) is 12.4 Å². The van der Waals surface area contributed by atoms with E-state index >= 15 is 0 Å². The number of amides is 2. The van der Waals surface area contributed by atoms with Crippen molar-refractivity contribution in [2.24, 2.45) is 29.1 Å². The number of allylic oxidation sites excluding steroid dienone is 2. The number of benzene rings is 1. The zero-order valence-corrected chi connectivity index (χ0v) is 16.2. The van der Waals surface area contributed by atoms with Crippen LogP contribution >= 0.6 is 0 Å². The van der Waals surface area contributed by atoms with Gasteiger partial charge in [-0.05, 0) is 42.5 Å². The van der Waals surface area contributed by atoms with Crippen LogP contribution in [0.4, 0.5) is 5.69 Å². The van der Waals surface area contributed by atoms with Gasteiger partial charge in [-0.1, -0.05) is 32.9 Å². The van der Waals surface area contributed by atoms with Crippen LogP contribution in [-0.4, -0.2) is 30.2 Å². The number of fused-ring (bicyclic) bond motifs is 5. The number of rotatable bonds is 4. The number of imide groups is 1. The van der Waals surface area contributed by atoms with Crippen molar-refractivity contribution in [3.05, 3.63) is 42.0 Å². The molecule has 1 saturated carbocycles. The Labute approximate surface area is 163 Å². The predicted molar refractivity (Wildman–Crippen MR) is 101 cm³/mol. The van der Waals surface area contributed by atoms with Gasteiger partial charge in [-0.15, -0.1) is 0 Å². The van der Waals surface area contributed by atoms with E-state index in [0.717, 1.165) is 6.42 Å². The van der Waals surface area contributed by atoms with E-state index in [1.54, 1.807) is 32.9 Å². The summed E-state index contributed by atoms with van der Waals surface area (Å²) >= 11 is 0. The molecule has 0 radical (unpaired) electrons. The molecule has 2 bridgehead atoms. The van der Waals surface area contributed by atoms with Crippen molar-refractivity contribution in [2.75, 3.05) is 11.5 Å². The number of nitrogens with zero attached hydrogens (tertiary/aromatic N) is 1. The van der Waals surface area contributed by atoms with E-state index in [-0.39, 0.29) is 53.4 Å². The second kappa shape index (κ2) is 6.40.